The number of hydrogen-bond acceptors (Lipinski definition) is 6. The van der Waals surface area contributed by atoms with Crippen molar-refractivity contribution in [3.8, 4) is 5.75 Å². The third-order valence-electron chi connectivity index (χ3n) is 13.0. The Morgan fingerprint density at radius 3 is 2.22 bits per heavy atom. The number of piperidine rings is 1. The number of carbonyl (C=O) groups excluding carboxylic acids is 4. The number of carbonyl (C=O) groups is 4. The Kier molecular flexibility index (Phi) is 8.58. The summed E-state index contributed by atoms with van der Waals surface area (Å²) in [5.74, 6) is -4.35. The molecule has 9 heteroatoms. The van der Waals surface area contributed by atoms with Crippen molar-refractivity contribution in [3.05, 3.63) is 142 Å². The molecule has 4 aromatic rings. The zero-order valence-corrected chi connectivity index (χ0v) is 30.9. The van der Waals surface area contributed by atoms with Gasteiger partial charge in [-0.05, 0) is 73.4 Å². The van der Waals surface area contributed by atoms with Crippen LogP contribution < -0.4 is 4.90 Å². The maximum absolute atomic E-state index is 15.4. The molecule has 8 nitrogen and oxygen atoms in total. The highest BCUT2D eigenvalue weighted by Crippen LogP contribution is 2.65. The summed E-state index contributed by atoms with van der Waals surface area (Å²) in [7, 11) is 0. The van der Waals surface area contributed by atoms with Crippen molar-refractivity contribution in [2.45, 2.75) is 56.5 Å². The van der Waals surface area contributed by atoms with E-state index in [1.165, 1.54) is 10.5 Å². The van der Waals surface area contributed by atoms with Gasteiger partial charge >= 0.3 is 0 Å². The number of benzene rings is 4. The number of phenolic OH excluding ortho intramolecular Hbond substituents is 1. The van der Waals surface area contributed by atoms with Crippen LogP contribution in [0.1, 0.15) is 53.9 Å². The van der Waals surface area contributed by atoms with Gasteiger partial charge in [0.2, 0.25) is 23.6 Å². The Hall–Kier alpha value is -5.05. The van der Waals surface area contributed by atoms with Gasteiger partial charge in [0, 0.05) is 42.2 Å². The van der Waals surface area contributed by atoms with Crippen LogP contribution in [0, 0.1) is 30.6 Å². The molecule has 4 amide bonds. The molecule has 274 valence electrons. The van der Waals surface area contributed by atoms with Crippen LogP contribution in [0.2, 0.25) is 5.02 Å². The molecule has 0 radical (unpaired) electrons. The lowest BCUT2D eigenvalue weighted by Gasteiger charge is -2.51. The molecule has 9 rings (SSSR count). The Morgan fingerprint density at radius 2 is 1.50 bits per heavy atom. The Labute approximate surface area is 320 Å². The number of para-hydroxylation sites is 1. The van der Waals surface area contributed by atoms with Gasteiger partial charge < -0.3 is 5.11 Å². The van der Waals surface area contributed by atoms with Gasteiger partial charge in [-0.15, -0.1) is 0 Å². The van der Waals surface area contributed by atoms with E-state index in [2.05, 4.69) is 23.1 Å². The third kappa shape index (κ3) is 5.21. The van der Waals surface area contributed by atoms with Crippen LogP contribution in [0.5, 0.6) is 5.75 Å². The van der Waals surface area contributed by atoms with Gasteiger partial charge in [0.25, 0.3) is 0 Å². The largest absolute Gasteiger partial charge is 0.507 e. The molecule has 0 aromatic heterocycles. The standard InChI is InChI=1S/C45H42ClN3O5/c1-27-10-8-17-35(40(27)50)39-33-18-19-34-38(43(53)48(41(34)51)31-20-22-47(23-21-31)26-28-11-4-2-5-12-28)36(33)25-37-42(52)49(32-16-9-15-30(46)24-32)44(54)45(37,39)29-13-6-3-7-14-29/h2-18,24,31,34,36-39,50H,19-23,25-26H2,1H3. The zero-order chi connectivity index (χ0) is 37.3. The number of fused-ring (bicyclic) bond motifs is 4. The molecular formula is C45H42ClN3O5. The number of allylic oxidation sites excluding steroid dienone is 2. The highest BCUT2D eigenvalue weighted by atomic mass is 35.5. The molecule has 4 aromatic carbocycles. The first-order valence-corrected chi connectivity index (χ1v) is 19.4. The van der Waals surface area contributed by atoms with E-state index in [-0.39, 0.29) is 35.9 Å². The minimum absolute atomic E-state index is 0.0550. The topological polar surface area (TPSA) is 98.2 Å². The normalized spacial score (nSPS) is 28.6. The number of halogens is 1. The van der Waals surface area contributed by atoms with E-state index >= 15 is 4.79 Å². The second-order valence-corrected chi connectivity index (χ2v) is 16.1. The maximum atomic E-state index is 15.4. The first-order valence-electron chi connectivity index (χ1n) is 19.0. The van der Waals surface area contributed by atoms with Crippen molar-refractivity contribution < 1.29 is 24.3 Å². The summed E-state index contributed by atoms with van der Waals surface area (Å²) in [4.78, 5) is 64.7. The van der Waals surface area contributed by atoms with Crippen LogP contribution in [-0.2, 0) is 31.1 Å². The summed E-state index contributed by atoms with van der Waals surface area (Å²) >= 11 is 6.43. The fourth-order valence-corrected chi connectivity index (χ4v) is 10.7. The lowest BCUT2D eigenvalue weighted by Crippen LogP contribution is -2.53. The molecule has 54 heavy (non-hydrogen) atoms. The molecule has 5 aliphatic rings. The smallest absolute Gasteiger partial charge is 0.246 e. The van der Waals surface area contributed by atoms with Gasteiger partial charge in [0.1, 0.15) is 5.75 Å². The summed E-state index contributed by atoms with van der Waals surface area (Å²) in [5, 5.41) is 12.2. The molecule has 1 saturated carbocycles. The number of hydrogen-bond donors (Lipinski definition) is 1. The average molecular weight is 740 g/mol. The number of aromatic hydroxyl groups is 1. The molecule has 0 spiro atoms. The summed E-state index contributed by atoms with van der Waals surface area (Å²) in [6.45, 7) is 4.21. The summed E-state index contributed by atoms with van der Waals surface area (Å²) in [6.07, 6.45) is 4.03. The first kappa shape index (κ1) is 34.7. The van der Waals surface area contributed by atoms with Crippen molar-refractivity contribution >= 4 is 40.9 Å². The minimum Gasteiger partial charge on any atom is -0.507 e. The molecule has 3 saturated heterocycles. The van der Waals surface area contributed by atoms with E-state index in [0.29, 0.717) is 46.7 Å². The predicted octanol–water partition coefficient (Wildman–Crippen LogP) is 7.18. The van der Waals surface area contributed by atoms with Crippen molar-refractivity contribution in [1.82, 2.24) is 9.80 Å². The predicted molar refractivity (Wildman–Crippen MR) is 206 cm³/mol. The van der Waals surface area contributed by atoms with Gasteiger partial charge in [-0.25, -0.2) is 4.90 Å². The summed E-state index contributed by atoms with van der Waals surface area (Å²) < 4.78 is 0. The van der Waals surface area contributed by atoms with Crippen LogP contribution >= 0.6 is 11.6 Å². The fourth-order valence-electron chi connectivity index (χ4n) is 10.6. The van der Waals surface area contributed by atoms with E-state index in [0.717, 1.165) is 25.2 Å². The number of rotatable bonds is 6. The second-order valence-electron chi connectivity index (χ2n) is 15.6. The average Bonchev–Trinajstić information content (AvgIpc) is 3.58. The third-order valence-corrected chi connectivity index (χ3v) is 13.2. The number of nitrogens with zero attached hydrogens (tertiary/aromatic N) is 3. The van der Waals surface area contributed by atoms with Crippen molar-refractivity contribution in [2.75, 3.05) is 18.0 Å². The number of likely N-dealkylation sites (tertiary alicyclic amines) is 2. The van der Waals surface area contributed by atoms with Gasteiger partial charge in [0.05, 0.1) is 28.9 Å². The maximum Gasteiger partial charge on any atom is 0.246 e. The number of anilines is 1. The van der Waals surface area contributed by atoms with Gasteiger partial charge in [0.15, 0.2) is 0 Å². The SMILES string of the molecule is Cc1cccc(C2C3=CCC4C(=O)N(C5CCN(Cc6ccccc6)CC5)C(=O)C4C3CC3C(=O)N(c4cccc(Cl)c4)C(=O)C32c2ccccc2)c1O. The lowest BCUT2D eigenvalue weighted by molar-refractivity contribution is -0.144. The van der Waals surface area contributed by atoms with Crippen LogP contribution in [0.4, 0.5) is 5.69 Å². The molecule has 1 N–H and O–H groups in total. The van der Waals surface area contributed by atoms with E-state index in [4.69, 9.17) is 11.6 Å². The lowest BCUT2D eigenvalue weighted by atomic mass is 9.49. The molecule has 2 aliphatic carbocycles. The van der Waals surface area contributed by atoms with E-state index in [1.54, 1.807) is 29.2 Å². The fraction of sp³-hybridized carbons (Fsp3) is 0.333. The van der Waals surface area contributed by atoms with Crippen molar-refractivity contribution in [2.24, 2.45) is 23.7 Å². The minimum atomic E-state index is -1.43. The number of phenols is 1. The Balaban J connectivity index is 1.13. The van der Waals surface area contributed by atoms with Crippen LogP contribution in [-0.4, -0.2) is 57.7 Å². The van der Waals surface area contributed by atoms with E-state index in [9.17, 15) is 19.5 Å². The van der Waals surface area contributed by atoms with E-state index < -0.39 is 40.9 Å². The van der Waals surface area contributed by atoms with Gasteiger partial charge in [-0.1, -0.05) is 108 Å². The van der Waals surface area contributed by atoms with Crippen molar-refractivity contribution in [3.63, 3.8) is 0 Å². The van der Waals surface area contributed by atoms with Crippen molar-refractivity contribution in [1.29, 1.82) is 0 Å². The molecule has 3 heterocycles. The Bertz CT molecular complexity index is 2200. The van der Waals surface area contributed by atoms with Gasteiger partial charge in [-0.2, -0.15) is 0 Å². The summed E-state index contributed by atoms with van der Waals surface area (Å²) in [5.41, 5.74) is 2.87. The van der Waals surface area contributed by atoms with Gasteiger partial charge in [-0.3, -0.25) is 29.0 Å². The number of imide groups is 2. The molecule has 0 bridgehead atoms. The molecule has 6 atom stereocenters. The monoisotopic (exact) mass is 739 g/mol. The Morgan fingerprint density at radius 1 is 0.796 bits per heavy atom. The second kappa shape index (κ2) is 13.4. The number of amides is 4. The number of aryl methyl sites for hydroxylation is 1. The molecular weight excluding hydrogens is 698 g/mol. The first-order chi connectivity index (χ1) is 26.2. The molecule has 3 aliphatic heterocycles. The molecule has 4 fully saturated rings. The quantitative estimate of drug-likeness (QED) is 0.166. The summed E-state index contributed by atoms with van der Waals surface area (Å²) in [6, 6.07) is 31.8. The highest BCUT2D eigenvalue weighted by Gasteiger charge is 2.70. The molecule has 6 unspecified atom stereocenters. The zero-order valence-electron chi connectivity index (χ0n) is 30.1. The highest BCUT2D eigenvalue weighted by molar-refractivity contribution is 6.32. The van der Waals surface area contributed by atoms with Crippen LogP contribution in [0.3, 0.4) is 0 Å². The van der Waals surface area contributed by atoms with Crippen LogP contribution in [0.15, 0.2) is 115 Å². The van der Waals surface area contributed by atoms with Crippen LogP contribution in [0.25, 0.3) is 0 Å². The van der Waals surface area contributed by atoms with E-state index in [1.807, 2.05) is 73.7 Å².